The van der Waals surface area contributed by atoms with Gasteiger partial charge in [0, 0.05) is 18.7 Å². The molecule has 1 amide bonds. The van der Waals surface area contributed by atoms with Gasteiger partial charge < -0.3 is 10.4 Å². The molecule has 0 aliphatic carbocycles. The minimum atomic E-state index is -0.287. The number of carbonyl (C=O) groups excluding carboxylic acids is 1. The monoisotopic (exact) mass is 287 g/mol. The average molecular weight is 287 g/mol. The molecule has 1 aromatic carbocycles. The SMILES string of the molecule is Cc1ccc(-c2cc(C(=O)N[C@@H](C)CO)nn2C)cc1C. The van der Waals surface area contributed by atoms with E-state index in [1.807, 2.05) is 13.1 Å². The number of hydrogen-bond donors (Lipinski definition) is 2. The van der Waals surface area contributed by atoms with Gasteiger partial charge in [-0.2, -0.15) is 5.10 Å². The van der Waals surface area contributed by atoms with Gasteiger partial charge in [0.05, 0.1) is 12.3 Å². The fourth-order valence-corrected chi connectivity index (χ4v) is 2.09. The lowest BCUT2D eigenvalue weighted by Gasteiger charge is -2.08. The third-order valence-corrected chi connectivity index (χ3v) is 3.57. The Morgan fingerprint density at radius 2 is 2.05 bits per heavy atom. The summed E-state index contributed by atoms with van der Waals surface area (Å²) in [6.07, 6.45) is 0. The molecule has 1 atom stereocenters. The number of carbonyl (C=O) groups is 1. The van der Waals surface area contributed by atoms with E-state index in [1.165, 1.54) is 11.1 Å². The Morgan fingerprint density at radius 3 is 2.67 bits per heavy atom. The molecule has 0 aliphatic rings. The lowest BCUT2D eigenvalue weighted by atomic mass is 10.0. The highest BCUT2D eigenvalue weighted by Crippen LogP contribution is 2.22. The molecule has 0 aliphatic heterocycles. The van der Waals surface area contributed by atoms with Crippen molar-refractivity contribution >= 4 is 5.91 Å². The number of aliphatic hydroxyl groups is 1. The number of hydrogen-bond acceptors (Lipinski definition) is 3. The molecule has 0 radical (unpaired) electrons. The van der Waals surface area contributed by atoms with Crippen LogP contribution in [0, 0.1) is 13.8 Å². The van der Waals surface area contributed by atoms with Crippen molar-refractivity contribution in [1.29, 1.82) is 0 Å². The summed E-state index contributed by atoms with van der Waals surface area (Å²) in [5, 5.41) is 15.9. The highest BCUT2D eigenvalue weighted by molar-refractivity contribution is 5.93. The van der Waals surface area contributed by atoms with Crippen molar-refractivity contribution in [3.8, 4) is 11.3 Å². The van der Waals surface area contributed by atoms with Gasteiger partial charge in [-0.15, -0.1) is 0 Å². The van der Waals surface area contributed by atoms with Crippen LogP contribution in [0.3, 0.4) is 0 Å². The Balaban J connectivity index is 2.30. The fraction of sp³-hybridized carbons (Fsp3) is 0.375. The molecular formula is C16H21N3O2. The molecule has 1 aromatic heterocycles. The smallest absolute Gasteiger partial charge is 0.272 e. The maximum absolute atomic E-state index is 12.0. The van der Waals surface area contributed by atoms with Crippen LogP contribution in [0.2, 0.25) is 0 Å². The number of nitrogens with one attached hydrogen (secondary N) is 1. The maximum Gasteiger partial charge on any atom is 0.272 e. The maximum atomic E-state index is 12.0. The van der Waals surface area contributed by atoms with Gasteiger partial charge in [0.1, 0.15) is 0 Å². The number of benzene rings is 1. The number of aliphatic hydroxyl groups excluding tert-OH is 1. The second-order valence-electron chi connectivity index (χ2n) is 5.39. The Hall–Kier alpha value is -2.14. The summed E-state index contributed by atoms with van der Waals surface area (Å²) in [5.41, 5.74) is 4.71. The van der Waals surface area contributed by atoms with Gasteiger partial charge in [-0.25, -0.2) is 0 Å². The quantitative estimate of drug-likeness (QED) is 0.901. The van der Waals surface area contributed by atoms with E-state index in [-0.39, 0.29) is 18.6 Å². The Morgan fingerprint density at radius 1 is 1.33 bits per heavy atom. The van der Waals surface area contributed by atoms with Gasteiger partial charge in [-0.05, 0) is 44.0 Å². The first kappa shape index (κ1) is 15.3. The highest BCUT2D eigenvalue weighted by atomic mass is 16.3. The van der Waals surface area contributed by atoms with E-state index in [0.29, 0.717) is 5.69 Å². The number of aryl methyl sites for hydroxylation is 3. The van der Waals surface area contributed by atoms with Gasteiger partial charge in [0.15, 0.2) is 5.69 Å². The van der Waals surface area contributed by atoms with Crippen LogP contribution in [-0.2, 0) is 7.05 Å². The van der Waals surface area contributed by atoms with Crippen LogP contribution in [0.25, 0.3) is 11.3 Å². The van der Waals surface area contributed by atoms with E-state index >= 15 is 0 Å². The van der Waals surface area contributed by atoms with E-state index in [2.05, 4.69) is 36.4 Å². The second-order valence-corrected chi connectivity index (χ2v) is 5.39. The Kier molecular flexibility index (Phi) is 4.43. The molecule has 2 rings (SSSR count). The first-order valence-electron chi connectivity index (χ1n) is 6.95. The molecule has 0 saturated heterocycles. The molecule has 2 aromatic rings. The van der Waals surface area contributed by atoms with Crippen LogP contribution in [0.5, 0.6) is 0 Å². The number of amides is 1. The zero-order valence-electron chi connectivity index (χ0n) is 12.8. The van der Waals surface area contributed by atoms with Gasteiger partial charge in [-0.3, -0.25) is 9.48 Å². The van der Waals surface area contributed by atoms with Crippen LogP contribution in [0.1, 0.15) is 28.5 Å². The fourth-order valence-electron chi connectivity index (χ4n) is 2.09. The molecule has 0 spiro atoms. The molecular weight excluding hydrogens is 266 g/mol. The largest absolute Gasteiger partial charge is 0.394 e. The van der Waals surface area contributed by atoms with Gasteiger partial charge in [0.2, 0.25) is 0 Å². The van der Waals surface area contributed by atoms with E-state index in [1.54, 1.807) is 17.7 Å². The zero-order valence-corrected chi connectivity index (χ0v) is 12.8. The standard InChI is InChI=1S/C16H21N3O2/c1-10-5-6-13(7-11(10)2)15-8-14(18-19(15)4)16(21)17-12(3)9-20/h5-8,12,20H,9H2,1-4H3,(H,17,21)/t12-/m0/s1. The highest BCUT2D eigenvalue weighted by Gasteiger charge is 2.15. The van der Waals surface area contributed by atoms with Crippen molar-refractivity contribution < 1.29 is 9.90 Å². The number of aromatic nitrogens is 2. The summed E-state index contributed by atoms with van der Waals surface area (Å²) in [6.45, 7) is 5.77. The predicted molar refractivity (Wildman–Crippen MR) is 82.1 cm³/mol. The Labute approximate surface area is 124 Å². The molecule has 21 heavy (non-hydrogen) atoms. The summed E-state index contributed by atoms with van der Waals surface area (Å²) in [7, 11) is 1.82. The molecule has 0 unspecified atom stereocenters. The summed E-state index contributed by atoms with van der Waals surface area (Å²) >= 11 is 0. The zero-order chi connectivity index (χ0) is 15.6. The molecule has 112 valence electrons. The summed E-state index contributed by atoms with van der Waals surface area (Å²) in [6, 6.07) is 7.65. The average Bonchev–Trinajstić information content (AvgIpc) is 2.84. The van der Waals surface area contributed by atoms with Crippen LogP contribution in [-0.4, -0.2) is 33.4 Å². The van der Waals surface area contributed by atoms with Crippen molar-refractivity contribution in [1.82, 2.24) is 15.1 Å². The summed E-state index contributed by atoms with van der Waals surface area (Å²) in [4.78, 5) is 12.0. The molecule has 0 fully saturated rings. The summed E-state index contributed by atoms with van der Waals surface area (Å²) < 4.78 is 1.70. The Bertz CT molecular complexity index is 662. The molecule has 0 saturated carbocycles. The van der Waals surface area contributed by atoms with Crippen molar-refractivity contribution in [3.05, 3.63) is 41.1 Å². The molecule has 5 heteroatoms. The number of nitrogens with zero attached hydrogens (tertiary/aromatic N) is 2. The lowest BCUT2D eigenvalue weighted by Crippen LogP contribution is -2.35. The van der Waals surface area contributed by atoms with E-state index in [9.17, 15) is 4.79 Å². The van der Waals surface area contributed by atoms with Gasteiger partial charge >= 0.3 is 0 Å². The summed E-state index contributed by atoms with van der Waals surface area (Å²) in [5.74, 6) is -0.276. The molecule has 5 nitrogen and oxygen atoms in total. The second kappa shape index (κ2) is 6.10. The van der Waals surface area contributed by atoms with Gasteiger partial charge in [-0.1, -0.05) is 12.1 Å². The van der Waals surface area contributed by atoms with Crippen molar-refractivity contribution in [2.45, 2.75) is 26.8 Å². The normalized spacial score (nSPS) is 12.2. The van der Waals surface area contributed by atoms with Crippen molar-refractivity contribution in [3.63, 3.8) is 0 Å². The van der Waals surface area contributed by atoms with Crippen LogP contribution < -0.4 is 5.32 Å². The molecule has 0 bridgehead atoms. The minimum absolute atomic E-state index is 0.0947. The van der Waals surface area contributed by atoms with E-state index in [0.717, 1.165) is 11.3 Å². The van der Waals surface area contributed by atoms with Gasteiger partial charge in [0.25, 0.3) is 5.91 Å². The van der Waals surface area contributed by atoms with Crippen molar-refractivity contribution in [2.75, 3.05) is 6.61 Å². The van der Waals surface area contributed by atoms with Crippen molar-refractivity contribution in [2.24, 2.45) is 7.05 Å². The van der Waals surface area contributed by atoms with Crippen LogP contribution in [0.4, 0.5) is 0 Å². The van der Waals surface area contributed by atoms with Crippen LogP contribution in [0.15, 0.2) is 24.3 Å². The molecule has 2 N–H and O–H groups in total. The molecule has 1 heterocycles. The topological polar surface area (TPSA) is 67.2 Å². The minimum Gasteiger partial charge on any atom is -0.394 e. The number of rotatable bonds is 4. The van der Waals surface area contributed by atoms with E-state index in [4.69, 9.17) is 5.11 Å². The first-order chi connectivity index (χ1) is 9.92. The third kappa shape index (κ3) is 3.31. The van der Waals surface area contributed by atoms with E-state index < -0.39 is 0 Å². The first-order valence-corrected chi connectivity index (χ1v) is 6.95. The third-order valence-electron chi connectivity index (χ3n) is 3.57. The lowest BCUT2D eigenvalue weighted by molar-refractivity contribution is 0.0916. The predicted octanol–water partition coefficient (Wildman–Crippen LogP) is 1.81. The van der Waals surface area contributed by atoms with Crippen LogP contribution >= 0.6 is 0 Å².